The highest BCUT2D eigenvalue weighted by Crippen LogP contribution is 2.30. The fraction of sp³-hybridized carbons (Fsp3) is 0.760. The summed E-state index contributed by atoms with van der Waals surface area (Å²) in [6.07, 6.45) is -0.137. The minimum atomic E-state index is -0.901. The zero-order valence-corrected chi connectivity index (χ0v) is 44.6. The van der Waals surface area contributed by atoms with Crippen LogP contribution in [0.3, 0.4) is 0 Å². The minimum absolute atomic E-state index is 0.0137. The van der Waals surface area contributed by atoms with Crippen LogP contribution in [0, 0.1) is 29.6 Å². The van der Waals surface area contributed by atoms with E-state index in [0.717, 1.165) is 6.42 Å². The molecule has 2 rings (SSSR count). The summed E-state index contributed by atoms with van der Waals surface area (Å²) in [6, 6.07) is 4.83. The van der Waals surface area contributed by atoms with Crippen LogP contribution in [0.2, 0.25) is 0 Å². The highest BCUT2D eigenvalue weighted by Gasteiger charge is 2.43. The van der Waals surface area contributed by atoms with Gasteiger partial charge in [0, 0.05) is 40.1 Å². The first kappa shape index (κ1) is 60.3. The van der Waals surface area contributed by atoms with Crippen LogP contribution in [-0.2, 0) is 38.2 Å². The first-order valence-corrected chi connectivity index (χ1v) is 25.7. The van der Waals surface area contributed by atoms with Crippen LogP contribution >= 0.6 is 11.8 Å². The van der Waals surface area contributed by atoms with Crippen LogP contribution in [0.4, 0.5) is 0 Å². The molecule has 68 heavy (non-hydrogen) atoms. The van der Waals surface area contributed by atoms with E-state index in [1.54, 1.807) is 51.8 Å². The van der Waals surface area contributed by atoms with Crippen molar-refractivity contribution in [2.75, 3.05) is 53.0 Å². The molecule has 0 aromatic heterocycles. The van der Waals surface area contributed by atoms with Gasteiger partial charge in [-0.15, -0.1) is 11.8 Å². The number of thioether (sulfide) groups is 1. The van der Waals surface area contributed by atoms with Gasteiger partial charge in [0.15, 0.2) is 0 Å². The number of nitrogens with zero attached hydrogens (tertiary/aromatic N) is 3. The predicted octanol–water partition coefficient (Wildman–Crippen LogP) is 3.54. The van der Waals surface area contributed by atoms with E-state index < -0.39 is 60.5 Å². The number of nitrogens with one attached hydrogen (secondary N) is 4. The first-order valence-electron chi connectivity index (χ1n) is 24.5. The van der Waals surface area contributed by atoms with Crippen LogP contribution in [-0.4, -0.2) is 163 Å². The molecule has 0 saturated carbocycles. The standard InChI is InChI=1S/C50H88N8O9S/c1-16-32(8)43(38(66-14)27-39(59)58-24-20-23-37(58)45(67-15)33(9)46(61)53-34(10)44(60)36-21-18-17-19-22-36)57(13)50(65)41(30(4)5)55-49(64)42(31(6)7)56(12)25-26-68-28-52-47(62)35(11)54-48(63)40(51)29(2)3/h17-19,21-22,29-35,37-38,40-45,60H,16,20,23-28,51H2,1-15H3,(H,52,62)(H,53,61)(H,54,63)(H,55,64)/t32?,33?,34?,35?,37-,38?,40?,41?,42?,43?,44?,45?/m0/s1. The van der Waals surface area contributed by atoms with Gasteiger partial charge in [0.05, 0.1) is 66.7 Å². The van der Waals surface area contributed by atoms with Gasteiger partial charge in [0.1, 0.15) is 12.1 Å². The second-order valence-electron chi connectivity index (χ2n) is 19.7. The van der Waals surface area contributed by atoms with E-state index in [9.17, 15) is 33.9 Å². The molecule has 7 N–H and O–H groups in total. The molecule has 1 aliphatic heterocycles. The Morgan fingerprint density at radius 1 is 0.838 bits per heavy atom. The van der Waals surface area contributed by atoms with Crippen molar-refractivity contribution < 1.29 is 43.3 Å². The van der Waals surface area contributed by atoms with E-state index in [1.165, 1.54) is 11.8 Å². The van der Waals surface area contributed by atoms with Gasteiger partial charge in [0.25, 0.3) is 0 Å². The van der Waals surface area contributed by atoms with E-state index in [-0.39, 0.29) is 71.6 Å². The normalized spacial score (nSPS) is 19.0. The molecule has 17 nitrogen and oxygen atoms in total. The third-order valence-electron chi connectivity index (χ3n) is 13.6. The Bertz CT molecular complexity index is 1740. The molecule has 1 saturated heterocycles. The average molecular weight is 977 g/mol. The maximum absolute atomic E-state index is 14.6. The van der Waals surface area contributed by atoms with E-state index >= 15 is 0 Å². The minimum Gasteiger partial charge on any atom is -0.386 e. The van der Waals surface area contributed by atoms with Gasteiger partial charge in [0.2, 0.25) is 35.4 Å². The highest BCUT2D eigenvalue weighted by molar-refractivity contribution is 7.99. The molecule has 0 bridgehead atoms. The molecule has 1 aliphatic rings. The van der Waals surface area contributed by atoms with Crippen molar-refractivity contribution in [3.8, 4) is 0 Å². The molecule has 12 atom stereocenters. The second kappa shape index (κ2) is 29.4. The smallest absolute Gasteiger partial charge is 0.245 e. The zero-order valence-electron chi connectivity index (χ0n) is 43.7. The van der Waals surface area contributed by atoms with Crippen molar-refractivity contribution in [2.24, 2.45) is 35.3 Å². The number of aliphatic hydroxyl groups excluding tert-OH is 1. The van der Waals surface area contributed by atoms with Gasteiger partial charge < -0.3 is 51.4 Å². The lowest BCUT2D eigenvalue weighted by Gasteiger charge is -2.41. The molecule has 18 heteroatoms. The van der Waals surface area contributed by atoms with Crippen molar-refractivity contribution in [1.82, 2.24) is 36.0 Å². The van der Waals surface area contributed by atoms with Crippen molar-refractivity contribution in [3.05, 3.63) is 35.9 Å². The van der Waals surface area contributed by atoms with Crippen LogP contribution < -0.4 is 27.0 Å². The molecular formula is C50H88N8O9S. The second-order valence-corrected chi connectivity index (χ2v) is 20.8. The Hall–Kier alpha value is -3.81. The van der Waals surface area contributed by atoms with Crippen molar-refractivity contribution in [2.45, 2.75) is 162 Å². The molecule has 1 heterocycles. The summed E-state index contributed by atoms with van der Waals surface area (Å²) in [6.45, 7) is 21.6. The van der Waals surface area contributed by atoms with E-state index in [0.29, 0.717) is 43.1 Å². The van der Waals surface area contributed by atoms with Gasteiger partial charge in [-0.2, -0.15) is 0 Å². The SMILES string of the molecule is CCC(C)C(C(CC(=O)N1CCC[C@H]1C(OC)C(C)C(=O)NC(C)C(O)c1ccccc1)OC)N(C)C(=O)C(NC(=O)C(C(C)C)N(C)CCSCNC(=O)C(C)NC(=O)C(N)C(C)C)C(C)C. The van der Waals surface area contributed by atoms with Crippen molar-refractivity contribution in [1.29, 1.82) is 0 Å². The van der Waals surface area contributed by atoms with E-state index in [2.05, 4.69) is 21.3 Å². The summed E-state index contributed by atoms with van der Waals surface area (Å²) in [5.41, 5.74) is 6.60. The molecule has 1 aromatic carbocycles. The number of ether oxygens (including phenoxy) is 2. The van der Waals surface area contributed by atoms with Gasteiger partial charge in [-0.25, -0.2) is 0 Å². The zero-order chi connectivity index (χ0) is 51.6. The lowest BCUT2D eigenvalue weighted by Crippen LogP contribution is -2.60. The van der Waals surface area contributed by atoms with Crippen molar-refractivity contribution >= 4 is 47.2 Å². The molecular weight excluding hydrogens is 889 g/mol. The number of likely N-dealkylation sites (tertiary alicyclic amines) is 1. The number of aliphatic hydroxyl groups is 1. The molecule has 6 amide bonds. The van der Waals surface area contributed by atoms with Gasteiger partial charge >= 0.3 is 0 Å². The van der Waals surface area contributed by atoms with Crippen LogP contribution in [0.15, 0.2) is 30.3 Å². The fourth-order valence-corrected chi connectivity index (χ4v) is 9.84. The Balaban J connectivity index is 2.14. The molecule has 11 unspecified atom stereocenters. The van der Waals surface area contributed by atoms with Gasteiger partial charge in [-0.1, -0.05) is 99.1 Å². The third kappa shape index (κ3) is 17.2. The maximum atomic E-state index is 14.6. The molecule has 388 valence electrons. The Morgan fingerprint density at radius 2 is 1.47 bits per heavy atom. The monoisotopic (exact) mass is 977 g/mol. The van der Waals surface area contributed by atoms with E-state index in [4.69, 9.17) is 15.2 Å². The van der Waals surface area contributed by atoms with Gasteiger partial charge in [-0.3, -0.25) is 33.7 Å². The Labute approximate surface area is 411 Å². The van der Waals surface area contributed by atoms with Crippen LogP contribution in [0.5, 0.6) is 0 Å². The number of carbonyl (C=O) groups is 6. The summed E-state index contributed by atoms with van der Waals surface area (Å²) in [4.78, 5) is 86.9. The summed E-state index contributed by atoms with van der Waals surface area (Å²) in [5.74, 6) is -1.93. The van der Waals surface area contributed by atoms with E-state index in [1.807, 2.05) is 97.7 Å². The average Bonchev–Trinajstić information content (AvgIpc) is 3.79. The van der Waals surface area contributed by atoms with Crippen molar-refractivity contribution in [3.63, 3.8) is 0 Å². The summed E-state index contributed by atoms with van der Waals surface area (Å²) in [5, 5.41) is 22.4. The topological polar surface area (TPSA) is 225 Å². The first-order chi connectivity index (χ1) is 31.9. The summed E-state index contributed by atoms with van der Waals surface area (Å²) in [7, 11) is 6.67. The Morgan fingerprint density at radius 3 is 2.01 bits per heavy atom. The summed E-state index contributed by atoms with van der Waals surface area (Å²) >= 11 is 1.48. The molecule has 1 aromatic rings. The lowest BCUT2D eigenvalue weighted by atomic mass is 9.89. The third-order valence-corrected chi connectivity index (χ3v) is 14.4. The number of hydrogen-bond acceptors (Lipinski definition) is 12. The molecule has 0 aliphatic carbocycles. The number of rotatable bonds is 29. The van der Waals surface area contributed by atoms with Gasteiger partial charge in [-0.05, 0) is 63.0 Å². The number of nitrogens with two attached hydrogens (primary N) is 1. The highest BCUT2D eigenvalue weighted by atomic mass is 32.2. The largest absolute Gasteiger partial charge is 0.386 e. The van der Waals surface area contributed by atoms with Crippen LogP contribution in [0.25, 0.3) is 0 Å². The quantitative estimate of drug-likeness (QED) is 0.0501. The molecule has 0 radical (unpaired) electrons. The lowest BCUT2D eigenvalue weighted by molar-refractivity contribution is -0.148. The van der Waals surface area contributed by atoms with Crippen LogP contribution in [0.1, 0.15) is 114 Å². The summed E-state index contributed by atoms with van der Waals surface area (Å²) < 4.78 is 12.0. The maximum Gasteiger partial charge on any atom is 0.245 e. The number of benzene rings is 1. The number of likely N-dealkylation sites (N-methyl/N-ethyl adjacent to an activating group) is 2. The molecule has 1 fully saturated rings. The fourth-order valence-electron chi connectivity index (χ4n) is 9.04. The number of hydrogen-bond donors (Lipinski definition) is 6. The Kier molecular flexibility index (Phi) is 26.1. The number of amides is 6. The predicted molar refractivity (Wildman–Crippen MR) is 269 cm³/mol. The molecule has 0 spiro atoms. The number of methoxy groups -OCH3 is 2. The number of carbonyl (C=O) groups excluding carboxylic acids is 6.